The van der Waals surface area contributed by atoms with E-state index >= 15 is 0 Å². The monoisotopic (exact) mass is 255 g/mol. The minimum absolute atomic E-state index is 0.188. The van der Waals surface area contributed by atoms with E-state index in [2.05, 4.69) is 0 Å². The average molecular weight is 255 g/mol. The van der Waals surface area contributed by atoms with Crippen molar-refractivity contribution in [3.05, 3.63) is 35.4 Å². The van der Waals surface area contributed by atoms with Gasteiger partial charge in [-0.1, -0.05) is 13.8 Å². The summed E-state index contributed by atoms with van der Waals surface area (Å²) >= 11 is 0. The summed E-state index contributed by atoms with van der Waals surface area (Å²) in [7, 11) is 0. The lowest BCUT2D eigenvalue weighted by molar-refractivity contribution is 0.0664. The highest BCUT2D eigenvalue weighted by molar-refractivity contribution is 6.02. The molecule has 4 heteroatoms. The van der Waals surface area contributed by atoms with Crippen molar-refractivity contribution in [1.29, 1.82) is 0 Å². The molecule has 0 aliphatic carbocycles. The van der Waals surface area contributed by atoms with Gasteiger partial charge in [-0.2, -0.15) is 0 Å². The lowest BCUT2D eigenvalue weighted by atomic mass is 9.91. The molecule has 0 radical (unpaired) electrons. The molecule has 18 heavy (non-hydrogen) atoms. The number of Topliss-reactive ketones (excluding diaryl/α,β-unsaturated/α-hetero) is 1. The third-order valence-corrected chi connectivity index (χ3v) is 3.28. The molecule has 1 aromatic carbocycles. The molecule has 0 N–H and O–H groups in total. The van der Waals surface area contributed by atoms with Crippen LogP contribution in [0.5, 0.6) is 0 Å². The Kier molecular flexibility index (Phi) is 4.57. The molecule has 0 saturated heterocycles. The van der Waals surface area contributed by atoms with Crippen molar-refractivity contribution in [2.24, 2.45) is 0 Å². The van der Waals surface area contributed by atoms with Crippen LogP contribution in [0.1, 0.15) is 38.1 Å². The van der Waals surface area contributed by atoms with Crippen LogP contribution in [0.3, 0.4) is 0 Å². The Morgan fingerprint density at radius 3 is 2.28 bits per heavy atom. The van der Waals surface area contributed by atoms with E-state index in [1.54, 1.807) is 13.8 Å². The van der Waals surface area contributed by atoms with Gasteiger partial charge >= 0.3 is 0 Å². The van der Waals surface area contributed by atoms with Gasteiger partial charge in [0.15, 0.2) is 5.78 Å². The molecule has 1 aromatic rings. The first-order chi connectivity index (χ1) is 8.34. The molecule has 0 atom stereocenters. The van der Waals surface area contributed by atoms with Crippen molar-refractivity contribution in [3.63, 3.8) is 0 Å². The van der Waals surface area contributed by atoms with Gasteiger partial charge in [-0.05, 0) is 45.1 Å². The summed E-state index contributed by atoms with van der Waals surface area (Å²) in [6.07, 6.45) is 0. The van der Waals surface area contributed by atoms with E-state index < -0.39 is 23.0 Å². The molecule has 0 bridgehead atoms. The van der Waals surface area contributed by atoms with Crippen molar-refractivity contribution < 1.29 is 13.6 Å². The highest BCUT2D eigenvalue weighted by Gasteiger charge is 2.35. The van der Waals surface area contributed by atoms with E-state index in [1.165, 1.54) is 0 Å². The van der Waals surface area contributed by atoms with E-state index in [9.17, 15) is 13.6 Å². The Bertz CT molecular complexity index is 439. The van der Waals surface area contributed by atoms with Gasteiger partial charge in [-0.25, -0.2) is 8.78 Å². The van der Waals surface area contributed by atoms with E-state index in [4.69, 9.17) is 0 Å². The molecule has 0 saturated carbocycles. The summed E-state index contributed by atoms with van der Waals surface area (Å²) < 4.78 is 26.7. The molecular weight excluding hydrogens is 236 g/mol. The third-order valence-electron chi connectivity index (χ3n) is 3.28. The Morgan fingerprint density at radius 1 is 1.22 bits per heavy atom. The number of benzene rings is 1. The van der Waals surface area contributed by atoms with Crippen LogP contribution in [0.4, 0.5) is 8.78 Å². The normalized spacial score (nSPS) is 11.9. The Balaban J connectivity index is 3.16. The number of nitrogens with zero attached hydrogens (tertiary/aromatic N) is 1. The molecule has 0 heterocycles. The molecule has 2 nitrogen and oxygen atoms in total. The summed E-state index contributed by atoms with van der Waals surface area (Å²) in [5.74, 6) is -1.68. The zero-order valence-electron chi connectivity index (χ0n) is 11.3. The zero-order chi connectivity index (χ0) is 13.9. The van der Waals surface area contributed by atoms with Crippen molar-refractivity contribution in [3.8, 4) is 0 Å². The van der Waals surface area contributed by atoms with E-state index in [0.717, 1.165) is 18.2 Å². The molecule has 0 aliphatic rings. The summed E-state index contributed by atoms with van der Waals surface area (Å²) in [5, 5.41) is 0. The van der Waals surface area contributed by atoms with Crippen LogP contribution in [0.25, 0.3) is 0 Å². The first kappa shape index (κ1) is 14.8. The van der Waals surface area contributed by atoms with Crippen molar-refractivity contribution in [1.82, 2.24) is 4.90 Å². The van der Waals surface area contributed by atoms with Crippen LogP contribution in [0.15, 0.2) is 18.2 Å². The van der Waals surface area contributed by atoms with Gasteiger partial charge in [-0.3, -0.25) is 9.69 Å². The number of hydrogen-bond donors (Lipinski definition) is 0. The molecule has 0 aliphatic heterocycles. The summed E-state index contributed by atoms with van der Waals surface area (Å²) in [4.78, 5) is 14.3. The minimum atomic E-state index is -0.849. The first-order valence-electron chi connectivity index (χ1n) is 6.09. The Labute approximate surface area is 107 Å². The van der Waals surface area contributed by atoms with Crippen LogP contribution in [-0.4, -0.2) is 29.3 Å². The molecule has 0 spiro atoms. The lowest BCUT2D eigenvalue weighted by Crippen LogP contribution is -2.50. The lowest BCUT2D eigenvalue weighted by Gasteiger charge is -2.35. The average Bonchev–Trinajstić information content (AvgIpc) is 2.32. The fourth-order valence-electron chi connectivity index (χ4n) is 2.16. The summed E-state index contributed by atoms with van der Waals surface area (Å²) in [6.45, 7) is 8.67. The molecule has 1 rings (SSSR count). The van der Waals surface area contributed by atoms with E-state index in [0.29, 0.717) is 13.1 Å². The Morgan fingerprint density at radius 2 is 1.78 bits per heavy atom. The van der Waals surface area contributed by atoms with Gasteiger partial charge < -0.3 is 0 Å². The SMILES string of the molecule is CCN(CC)C(C)(C)C(=O)c1cc(F)ccc1F. The second kappa shape index (κ2) is 5.57. The molecule has 0 fully saturated rings. The topological polar surface area (TPSA) is 20.3 Å². The number of ketones is 1. The van der Waals surface area contributed by atoms with Gasteiger partial charge in [0.1, 0.15) is 11.6 Å². The fraction of sp³-hybridized carbons (Fsp3) is 0.500. The Hall–Kier alpha value is -1.29. The molecule has 0 amide bonds. The number of carbonyl (C=O) groups excluding carboxylic acids is 1. The molecule has 0 unspecified atom stereocenters. The van der Waals surface area contributed by atoms with Crippen molar-refractivity contribution in [2.75, 3.05) is 13.1 Å². The first-order valence-corrected chi connectivity index (χ1v) is 6.09. The predicted octanol–water partition coefficient (Wildman–Crippen LogP) is 3.27. The number of rotatable bonds is 5. The molecule has 100 valence electrons. The van der Waals surface area contributed by atoms with E-state index in [1.807, 2.05) is 18.7 Å². The van der Waals surface area contributed by atoms with Gasteiger partial charge in [-0.15, -0.1) is 0 Å². The van der Waals surface area contributed by atoms with Crippen LogP contribution < -0.4 is 0 Å². The highest BCUT2D eigenvalue weighted by Crippen LogP contribution is 2.22. The van der Waals surface area contributed by atoms with Crippen LogP contribution >= 0.6 is 0 Å². The van der Waals surface area contributed by atoms with E-state index in [-0.39, 0.29) is 5.56 Å². The number of halogens is 2. The summed E-state index contributed by atoms with van der Waals surface area (Å²) in [5.41, 5.74) is -1.04. The van der Waals surface area contributed by atoms with Crippen LogP contribution in [-0.2, 0) is 0 Å². The van der Waals surface area contributed by atoms with Crippen LogP contribution in [0.2, 0.25) is 0 Å². The van der Waals surface area contributed by atoms with Gasteiger partial charge in [0, 0.05) is 0 Å². The quantitative estimate of drug-likeness (QED) is 0.753. The maximum atomic E-state index is 13.6. The third kappa shape index (κ3) is 2.75. The van der Waals surface area contributed by atoms with Gasteiger partial charge in [0.25, 0.3) is 0 Å². The highest BCUT2D eigenvalue weighted by atomic mass is 19.1. The second-order valence-electron chi connectivity index (χ2n) is 4.68. The van der Waals surface area contributed by atoms with Gasteiger partial charge in [0.05, 0.1) is 11.1 Å². The number of carbonyl (C=O) groups is 1. The maximum Gasteiger partial charge on any atom is 0.185 e. The number of likely N-dealkylation sites (N-methyl/N-ethyl adjacent to an activating group) is 1. The number of hydrogen-bond acceptors (Lipinski definition) is 2. The van der Waals surface area contributed by atoms with Crippen molar-refractivity contribution in [2.45, 2.75) is 33.2 Å². The summed E-state index contributed by atoms with van der Waals surface area (Å²) in [6, 6.07) is 2.96. The molecule has 0 aromatic heterocycles. The second-order valence-corrected chi connectivity index (χ2v) is 4.68. The molecular formula is C14H19F2NO. The smallest absolute Gasteiger partial charge is 0.185 e. The van der Waals surface area contributed by atoms with Crippen LogP contribution in [0, 0.1) is 11.6 Å². The predicted molar refractivity (Wildman–Crippen MR) is 67.7 cm³/mol. The standard InChI is InChI=1S/C14H19F2NO/c1-5-17(6-2)14(3,4)13(18)11-9-10(15)7-8-12(11)16/h7-9H,5-6H2,1-4H3. The fourth-order valence-corrected chi connectivity index (χ4v) is 2.16. The zero-order valence-corrected chi connectivity index (χ0v) is 11.3. The van der Waals surface area contributed by atoms with Gasteiger partial charge in [0.2, 0.25) is 0 Å². The minimum Gasteiger partial charge on any atom is -0.292 e. The maximum absolute atomic E-state index is 13.6. The van der Waals surface area contributed by atoms with Crippen molar-refractivity contribution >= 4 is 5.78 Å². The largest absolute Gasteiger partial charge is 0.292 e.